The number of carbonyl (C=O) groups excluding carboxylic acids is 2. The number of amides is 2. The Morgan fingerprint density at radius 3 is 2.65 bits per heavy atom. The molecule has 128 valence electrons. The zero-order chi connectivity index (χ0) is 16.5. The van der Waals surface area contributed by atoms with E-state index in [1.165, 1.54) is 37.0 Å². The summed E-state index contributed by atoms with van der Waals surface area (Å²) in [6.45, 7) is 2.74. The molecule has 7 heteroatoms. The lowest BCUT2D eigenvalue weighted by Crippen LogP contribution is -2.42. The van der Waals surface area contributed by atoms with Crippen molar-refractivity contribution >= 4 is 23.3 Å². The van der Waals surface area contributed by atoms with E-state index in [0.29, 0.717) is 29.8 Å². The van der Waals surface area contributed by atoms with Gasteiger partial charge in [0.15, 0.2) is 0 Å². The number of hydrogen-bond donors (Lipinski definition) is 2. The Hall–Kier alpha value is -1.76. The maximum Gasteiger partial charge on any atom is 0.426 e. The second-order valence-electron chi connectivity index (χ2n) is 5.58. The van der Waals surface area contributed by atoms with Crippen LogP contribution in [0.1, 0.15) is 55.1 Å². The summed E-state index contributed by atoms with van der Waals surface area (Å²) in [5.41, 5.74) is 4.64. The average Bonchev–Trinajstić information content (AvgIpc) is 2.85. The molecule has 0 radical (unpaired) electrons. The zero-order valence-corrected chi connectivity index (χ0v) is 14.2. The SMILES string of the molecule is CCOc1ccsc1C(=O)NNC(=O)OCC1CCCCCC1. The summed E-state index contributed by atoms with van der Waals surface area (Å²) in [5, 5.41) is 1.77. The van der Waals surface area contributed by atoms with Crippen molar-refractivity contribution in [3.63, 3.8) is 0 Å². The van der Waals surface area contributed by atoms with Crippen LogP contribution in [0.2, 0.25) is 0 Å². The fourth-order valence-corrected chi connectivity index (χ4v) is 3.39. The smallest absolute Gasteiger partial charge is 0.426 e. The molecule has 6 nitrogen and oxygen atoms in total. The highest BCUT2D eigenvalue weighted by atomic mass is 32.1. The van der Waals surface area contributed by atoms with Crippen LogP contribution in [0, 0.1) is 5.92 Å². The highest BCUT2D eigenvalue weighted by Crippen LogP contribution is 2.24. The molecule has 23 heavy (non-hydrogen) atoms. The molecule has 0 spiro atoms. The van der Waals surface area contributed by atoms with Gasteiger partial charge in [0.1, 0.15) is 10.6 Å². The van der Waals surface area contributed by atoms with Crippen LogP contribution >= 0.6 is 11.3 Å². The molecule has 0 atom stereocenters. The molecule has 0 aliphatic heterocycles. The summed E-state index contributed by atoms with van der Waals surface area (Å²) in [4.78, 5) is 24.1. The van der Waals surface area contributed by atoms with Gasteiger partial charge in [-0.3, -0.25) is 10.2 Å². The first-order valence-corrected chi connectivity index (χ1v) is 9.02. The van der Waals surface area contributed by atoms with E-state index in [1.54, 1.807) is 11.4 Å². The van der Waals surface area contributed by atoms with Gasteiger partial charge in [0.2, 0.25) is 0 Å². The van der Waals surface area contributed by atoms with E-state index in [4.69, 9.17) is 9.47 Å². The summed E-state index contributed by atoms with van der Waals surface area (Å²) < 4.78 is 10.5. The van der Waals surface area contributed by atoms with Gasteiger partial charge in [-0.1, -0.05) is 25.7 Å². The highest BCUT2D eigenvalue weighted by Gasteiger charge is 2.17. The number of hydrazine groups is 1. The van der Waals surface area contributed by atoms with Gasteiger partial charge in [0, 0.05) is 0 Å². The number of thiophene rings is 1. The van der Waals surface area contributed by atoms with Gasteiger partial charge in [-0.15, -0.1) is 11.3 Å². The second-order valence-corrected chi connectivity index (χ2v) is 6.50. The molecular weight excluding hydrogens is 316 g/mol. The first kappa shape index (κ1) is 17.6. The summed E-state index contributed by atoms with van der Waals surface area (Å²) in [6, 6.07) is 1.73. The largest absolute Gasteiger partial charge is 0.492 e. The highest BCUT2D eigenvalue weighted by molar-refractivity contribution is 7.12. The molecule has 2 rings (SSSR count). The summed E-state index contributed by atoms with van der Waals surface area (Å²) in [5.74, 6) is 0.541. The predicted octanol–water partition coefficient (Wildman–Crippen LogP) is 3.49. The molecule has 2 N–H and O–H groups in total. The van der Waals surface area contributed by atoms with Crippen molar-refractivity contribution < 1.29 is 19.1 Å². The van der Waals surface area contributed by atoms with Crippen LogP contribution in [0.25, 0.3) is 0 Å². The normalized spacial score (nSPS) is 15.5. The third-order valence-corrected chi connectivity index (χ3v) is 4.73. The molecule has 1 heterocycles. The van der Waals surface area contributed by atoms with E-state index < -0.39 is 12.0 Å². The Labute approximate surface area is 140 Å². The summed E-state index contributed by atoms with van der Waals surface area (Å²) >= 11 is 1.26. The molecule has 1 fully saturated rings. The van der Waals surface area contributed by atoms with Crippen LogP contribution in [-0.4, -0.2) is 25.2 Å². The van der Waals surface area contributed by atoms with Crippen LogP contribution < -0.4 is 15.6 Å². The molecular formula is C16H24N2O4S. The van der Waals surface area contributed by atoms with Crippen LogP contribution in [0.3, 0.4) is 0 Å². The van der Waals surface area contributed by atoms with Crippen LogP contribution in [0.4, 0.5) is 4.79 Å². The van der Waals surface area contributed by atoms with Gasteiger partial charge in [0.05, 0.1) is 13.2 Å². The maximum atomic E-state index is 12.0. The van der Waals surface area contributed by atoms with E-state index in [1.807, 2.05) is 6.92 Å². The topological polar surface area (TPSA) is 76.7 Å². The zero-order valence-electron chi connectivity index (χ0n) is 13.4. The van der Waals surface area contributed by atoms with E-state index >= 15 is 0 Å². The lowest BCUT2D eigenvalue weighted by atomic mass is 10.0. The van der Waals surface area contributed by atoms with Gasteiger partial charge >= 0.3 is 6.09 Å². The Kier molecular flexibility index (Phi) is 7.19. The maximum absolute atomic E-state index is 12.0. The summed E-state index contributed by atoms with van der Waals surface area (Å²) in [7, 11) is 0. The monoisotopic (exact) mass is 340 g/mol. The number of hydrogen-bond acceptors (Lipinski definition) is 5. The number of carbonyl (C=O) groups is 2. The van der Waals surface area contributed by atoms with Crippen molar-refractivity contribution in [2.24, 2.45) is 5.92 Å². The minimum atomic E-state index is -0.628. The molecule has 1 aliphatic rings. The van der Waals surface area contributed by atoms with E-state index in [-0.39, 0.29) is 0 Å². The Morgan fingerprint density at radius 1 is 1.22 bits per heavy atom. The molecule has 0 bridgehead atoms. The molecule has 1 aromatic heterocycles. The third kappa shape index (κ3) is 5.74. The predicted molar refractivity (Wildman–Crippen MR) is 88.6 cm³/mol. The van der Waals surface area contributed by atoms with Gasteiger partial charge in [-0.25, -0.2) is 10.2 Å². The number of nitrogens with one attached hydrogen (secondary N) is 2. The summed E-state index contributed by atoms with van der Waals surface area (Å²) in [6.07, 6.45) is 6.51. The third-order valence-electron chi connectivity index (χ3n) is 3.84. The molecule has 0 unspecified atom stereocenters. The van der Waals surface area contributed by atoms with Crippen molar-refractivity contribution in [1.29, 1.82) is 0 Å². The van der Waals surface area contributed by atoms with Gasteiger partial charge < -0.3 is 9.47 Å². The quantitative estimate of drug-likeness (QED) is 0.635. The van der Waals surface area contributed by atoms with Crippen molar-refractivity contribution in [2.75, 3.05) is 13.2 Å². The minimum absolute atomic E-state index is 0.408. The fraction of sp³-hybridized carbons (Fsp3) is 0.625. The van der Waals surface area contributed by atoms with Crippen molar-refractivity contribution in [3.8, 4) is 5.75 Å². The fourth-order valence-electron chi connectivity index (χ4n) is 2.66. The van der Waals surface area contributed by atoms with E-state index in [2.05, 4.69) is 10.9 Å². The van der Waals surface area contributed by atoms with Gasteiger partial charge in [-0.2, -0.15) is 0 Å². The second kappa shape index (κ2) is 9.39. The first-order chi connectivity index (χ1) is 11.2. The van der Waals surface area contributed by atoms with Crippen LogP contribution in [0.15, 0.2) is 11.4 Å². The van der Waals surface area contributed by atoms with Crippen molar-refractivity contribution in [3.05, 3.63) is 16.3 Å². The molecule has 2 amide bonds. The van der Waals surface area contributed by atoms with Gasteiger partial charge in [-0.05, 0) is 37.1 Å². The first-order valence-electron chi connectivity index (χ1n) is 8.14. The molecule has 0 aromatic carbocycles. The van der Waals surface area contributed by atoms with E-state index in [0.717, 1.165) is 12.8 Å². The van der Waals surface area contributed by atoms with Crippen LogP contribution in [0.5, 0.6) is 5.75 Å². The van der Waals surface area contributed by atoms with Gasteiger partial charge in [0.25, 0.3) is 5.91 Å². The molecule has 1 aromatic rings. The number of rotatable bonds is 5. The van der Waals surface area contributed by atoms with Crippen molar-refractivity contribution in [2.45, 2.75) is 45.4 Å². The van der Waals surface area contributed by atoms with E-state index in [9.17, 15) is 9.59 Å². The molecule has 0 saturated heterocycles. The average molecular weight is 340 g/mol. The standard InChI is InChI=1S/C16H24N2O4S/c1-2-21-13-9-10-23-14(13)15(19)17-18-16(20)22-11-12-7-5-3-4-6-8-12/h9-10,12H,2-8,11H2,1H3,(H,17,19)(H,18,20). The van der Waals surface area contributed by atoms with Crippen LogP contribution in [-0.2, 0) is 4.74 Å². The Balaban J connectivity index is 1.71. The minimum Gasteiger partial charge on any atom is -0.492 e. The van der Waals surface area contributed by atoms with Crippen molar-refractivity contribution in [1.82, 2.24) is 10.9 Å². The Morgan fingerprint density at radius 2 is 1.96 bits per heavy atom. The molecule has 1 saturated carbocycles. The number of ether oxygens (including phenoxy) is 2. The molecule has 1 aliphatic carbocycles. The lowest BCUT2D eigenvalue weighted by Gasteiger charge is -2.14. The lowest BCUT2D eigenvalue weighted by molar-refractivity contribution is 0.0891. The Bertz CT molecular complexity index is 510.